The number of carbonyl (C=O) groups excluding carboxylic acids is 2. The fourth-order valence-corrected chi connectivity index (χ4v) is 5.85. The van der Waals surface area contributed by atoms with Crippen LogP contribution in [0.1, 0.15) is 102 Å². The van der Waals surface area contributed by atoms with Gasteiger partial charge in [-0.2, -0.15) is 0 Å². The highest BCUT2D eigenvalue weighted by Crippen LogP contribution is 2.13. The zero-order valence-corrected chi connectivity index (χ0v) is 31.0. The Bertz CT molecular complexity index is 1490. The Balaban J connectivity index is 1.60. The second-order valence-corrected chi connectivity index (χ2v) is 13.3. The van der Waals surface area contributed by atoms with Crippen molar-refractivity contribution in [3.63, 3.8) is 0 Å². The number of carboxylic acid groups (broad SMARTS) is 5. The van der Waals surface area contributed by atoms with Gasteiger partial charge in [-0.05, 0) is 45.1 Å². The molecule has 0 aliphatic heterocycles. The molecule has 2 aromatic rings. The lowest BCUT2D eigenvalue weighted by molar-refractivity contribution is -0.692. The Hall–Kier alpha value is -5.53. The molecule has 3 amide bonds. The summed E-state index contributed by atoms with van der Waals surface area (Å²) in [4.78, 5) is 89.9. The van der Waals surface area contributed by atoms with E-state index in [4.69, 9.17) is 10.2 Å². The Morgan fingerprint density at radius 2 is 1.38 bits per heavy atom. The van der Waals surface area contributed by atoms with Crippen LogP contribution in [0.5, 0.6) is 0 Å². The van der Waals surface area contributed by atoms with Crippen molar-refractivity contribution in [3.05, 3.63) is 36.4 Å². The number of H-pyrrole nitrogens is 1. The third kappa shape index (κ3) is 19.9. The van der Waals surface area contributed by atoms with E-state index in [2.05, 4.69) is 30.8 Å². The Morgan fingerprint density at radius 3 is 2.00 bits per heavy atom. The molecule has 0 fully saturated rings. The number of rotatable bonds is 31. The summed E-state index contributed by atoms with van der Waals surface area (Å²) in [6.07, 6.45) is 14.6. The highest BCUT2D eigenvalue weighted by Gasteiger charge is 2.25. The van der Waals surface area contributed by atoms with Gasteiger partial charge in [0.05, 0.1) is 6.54 Å². The average Bonchev–Trinajstić information content (AvgIpc) is 3.73. The number of hydrogen-bond acceptors (Lipinski definition) is 9. The second-order valence-electron chi connectivity index (χ2n) is 13.3. The number of carbonyl (C=O) groups is 7. The smallest absolute Gasteiger partial charge is 0.346 e. The third-order valence-electron chi connectivity index (χ3n) is 8.73. The standard InChI is InChI=1S/C35H54N8O12/c44-29(38-15-9-8-11-25(33(51)52)39-35(55)40-26(34(53)54)13-14-30(45)46)12-7-5-3-1-2-4-6-10-18-41(21-27-36-16-19-42(27)23-31(47)48)22-28-37-17-20-43(28)24-32(49)50/h16-17,19-20,25-26H,1-15,18,21-24H2,(H8,38,39,40,44,45,46,47,48,49,50,51,52,53,54,55)/p+1/t25-,26-/m0/s1. The molecular formula is C35H55N8O12+. The maximum atomic E-state index is 12.2. The van der Waals surface area contributed by atoms with Crippen LogP contribution in [-0.4, -0.2) is 112 Å². The quantitative estimate of drug-likeness (QED) is 0.0388. The molecule has 20 heteroatoms. The highest BCUT2D eigenvalue weighted by atomic mass is 16.4. The number of hydrogen-bond donors (Lipinski definition) is 9. The largest absolute Gasteiger partial charge is 0.481 e. The maximum absolute atomic E-state index is 12.2. The Kier molecular flexibility index (Phi) is 21.1. The van der Waals surface area contributed by atoms with Crippen LogP contribution >= 0.6 is 0 Å². The maximum Gasteiger partial charge on any atom is 0.346 e. The Labute approximate surface area is 318 Å². The molecule has 0 radical (unpaired) electrons. The normalized spacial score (nSPS) is 12.2. The van der Waals surface area contributed by atoms with E-state index in [-0.39, 0.29) is 31.8 Å². The minimum absolute atomic E-state index is 0.0482. The van der Waals surface area contributed by atoms with Crippen LogP contribution in [0.15, 0.2) is 24.8 Å². The van der Waals surface area contributed by atoms with Gasteiger partial charge in [0.25, 0.3) is 5.82 Å². The molecule has 0 saturated heterocycles. The highest BCUT2D eigenvalue weighted by molar-refractivity contribution is 5.86. The van der Waals surface area contributed by atoms with E-state index >= 15 is 0 Å². The van der Waals surface area contributed by atoms with Gasteiger partial charge in [-0.25, -0.2) is 33.7 Å². The average molecular weight is 780 g/mol. The lowest BCUT2D eigenvalue weighted by Crippen LogP contribution is -2.51. The topological polar surface area (TPSA) is 297 Å². The zero-order valence-electron chi connectivity index (χ0n) is 31.0. The number of nitrogens with one attached hydrogen (secondary N) is 4. The summed E-state index contributed by atoms with van der Waals surface area (Å²) in [5.74, 6) is -4.66. The molecule has 0 aliphatic rings. The van der Waals surface area contributed by atoms with E-state index in [1.807, 2.05) is 0 Å². The molecule has 9 N–H and O–H groups in total. The number of urea groups is 1. The molecule has 306 valence electrons. The first-order chi connectivity index (χ1) is 26.2. The number of imidazole rings is 2. The third-order valence-corrected chi connectivity index (χ3v) is 8.73. The van der Waals surface area contributed by atoms with Crippen molar-refractivity contribution in [1.82, 2.24) is 35.4 Å². The Morgan fingerprint density at radius 1 is 0.745 bits per heavy atom. The van der Waals surface area contributed by atoms with Crippen molar-refractivity contribution in [2.24, 2.45) is 0 Å². The first-order valence-corrected chi connectivity index (χ1v) is 18.5. The van der Waals surface area contributed by atoms with Crippen LogP contribution in [0.3, 0.4) is 0 Å². The number of nitrogens with zero attached hydrogens (tertiary/aromatic N) is 4. The lowest BCUT2D eigenvalue weighted by atomic mass is 10.1. The molecule has 20 nitrogen and oxygen atoms in total. The van der Waals surface area contributed by atoms with Crippen molar-refractivity contribution in [2.45, 2.75) is 128 Å². The molecular weight excluding hydrogens is 724 g/mol. The summed E-state index contributed by atoms with van der Waals surface area (Å²) in [6.45, 7) is 1.52. The molecule has 55 heavy (non-hydrogen) atoms. The first kappa shape index (κ1) is 45.6. The molecule has 0 spiro atoms. The number of aliphatic carboxylic acids is 5. The lowest BCUT2D eigenvalue weighted by Gasteiger charge is -2.20. The summed E-state index contributed by atoms with van der Waals surface area (Å²) in [5, 5.41) is 52.9. The number of unbranched alkanes of at least 4 members (excludes halogenated alkanes) is 8. The molecule has 0 aromatic carbocycles. The summed E-state index contributed by atoms with van der Waals surface area (Å²) in [5.41, 5.74) is 0. The van der Waals surface area contributed by atoms with Crippen LogP contribution in [-0.2, 0) is 54.9 Å². The fourth-order valence-electron chi connectivity index (χ4n) is 5.85. The van der Waals surface area contributed by atoms with Gasteiger partial charge < -0.3 is 46.1 Å². The summed E-state index contributed by atoms with van der Waals surface area (Å²) in [7, 11) is 0. The van der Waals surface area contributed by atoms with Crippen LogP contribution in [0, 0.1) is 0 Å². The predicted octanol–water partition coefficient (Wildman–Crippen LogP) is 1.54. The van der Waals surface area contributed by atoms with Gasteiger partial charge in [0.15, 0.2) is 6.54 Å². The molecule has 0 saturated carbocycles. The van der Waals surface area contributed by atoms with Crippen molar-refractivity contribution >= 4 is 41.8 Å². The van der Waals surface area contributed by atoms with E-state index in [1.54, 1.807) is 33.9 Å². The first-order valence-electron chi connectivity index (χ1n) is 18.5. The molecule has 2 rings (SSSR count). The van der Waals surface area contributed by atoms with Crippen LogP contribution in [0.25, 0.3) is 0 Å². The van der Waals surface area contributed by atoms with Gasteiger partial charge in [-0.15, -0.1) is 0 Å². The van der Waals surface area contributed by atoms with Crippen molar-refractivity contribution in [2.75, 3.05) is 13.1 Å². The summed E-state index contributed by atoms with van der Waals surface area (Å²) in [6, 6.07) is -3.80. The van der Waals surface area contributed by atoms with Gasteiger partial charge in [-0.1, -0.05) is 38.5 Å². The molecule has 2 atom stereocenters. The minimum Gasteiger partial charge on any atom is -0.481 e. The fraction of sp³-hybridized carbons (Fsp3) is 0.629. The van der Waals surface area contributed by atoms with E-state index < -0.39 is 54.4 Å². The minimum atomic E-state index is -1.48. The van der Waals surface area contributed by atoms with Gasteiger partial charge in [-0.3, -0.25) is 19.3 Å². The number of amides is 3. The molecule has 2 aromatic heterocycles. The van der Waals surface area contributed by atoms with Crippen molar-refractivity contribution in [1.29, 1.82) is 0 Å². The molecule has 0 unspecified atom stereocenters. The molecule has 0 bridgehead atoms. The van der Waals surface area contributed by atoms with E-state index in [1.165, 1.54) is 0 Å². The van der Waals surface area contributed by atoms with E-state index in [0.29, 0.717) is 51.3 Å². The van der Waals surface area contributed by atoms with Gasteiger partial charge in [0, 0.05) is 31.8 Å². The monoisotopic (exact) mass is 779 g/mol. The van der Waals surface area contributed by atoms with Crippen LogP contribution in [0.2, 0.25) is 0 Å². The zero-order chi connectivity index (χ0) is 40.6. The SMILES string of the molecule is O=C(O)CC[C@H](NC(=O)N[C@@H](CCCCNC(=O)CCCCCCCCCCN(Cc1nccn1CC(=O)O)Cc1[nH]cc[n+]1CC(=O)O)C(=O)O)C(=O)O. The van der Waals surface area contributed by atoms with Crippen LogP contribution in [0.4, 0.5) is 4.79 Å². The number of aromatic amines is 1. The van der Waals surface area contributed by atoms with E-state index in [0.717, 1.165) is 57.2 Å². The summed E-state index contributed by atoms with van der Waals surface area (Å²) >= 11 is 0. The number of carboxylic acids is 5. The summed E-state index contributed by atoms with van der Waals surface area (Å²) < 4.78 is 3.22. The predicted molar refractivity (Wildman–Crippen MR) is 192 cm³/mol. The number of aromatic nitrogens is 4. The van der Waals surface area contributed by atoms with Crippen LogP contribution < -0.4 is 20.5 Å². The van der Waals surface area contributed by atoms with Crippen molar-refractivity contribution < 1.29 is 63.7 Å². The molecule has 0 aliphatic carbocycles. The van der Waals surface area contributed by atoms with Gasteiger partial charge in [0.1, 0.15) is 43.4 Å². The molecule has 2 heterocycles. The van der Waals surface area contributed by atoms with Gasteiger partial charge >= 0.3 is 35.9 Å². The van der Waals surface area contributed by atoms with Gasteiger partial charge in [0.2, 0.25) is 5.91 Å². The van der Waals surface area contributed by atoms with E-state index in [9.17, 15) is 48.9 Å². The van der Waals surface area contributed by atoms with Crippen molar-refractivity contribution in [3.8, 4) is 0 Å². The second kappa shape index (κ2) is 25.5.